The molecule has 2 unspecified atom stereocenters. The monoisotopic (exact) mass is 515 g/mol. The molecule has 4 heteroatoms. The summed E-state index contributed by atoms with van der Waals surface area (Å²) >= 11 is 0. The zero-order chi connectivity index (χ0) is 27.1. The summed E-state index contributed by atoms with van der Waals surface area (Å²) in [5.41, 5.74) is 0. The topological polar surface area (TPSA) is 40.5 Å². The van der Waals surface area contributed by atoms with Crippen LogP contribution >= 0.6 is 0 Å². The van der Waals surface area contributed by atoms with E-state index in [0.29, 0.717) is 10.9 Å². The van der Waals surface area contributed by atoms with E-state index in [0.717, 1.165) is 30.5 Å². The number of quaternary nitrogens is 2. The molecule has 0 aromatic rings. The van der Waals surface area contributed by atoms with Gasteiger partial charge in [-0.3, -0.25) is 0 Å². The Balaban J connectivity index is 3.91. The van der Waals surface area contributed by atoms with Crippen LogP contribution in [0.5, 0.6) is 0 Å². The van der Waals surface area contributed by atoms with Crippen LogP contribution in [0.3, 0.4) is 0 Å². The molecule has 218 valence electrons. The van der Waals surface area contributed by atoms with Crippen LogP contribution < -0.4 is 0 Å². The Kier molecular flexibility index (Phi) is 22.7. The van der Waals surface area contributed by atoms with Crippen LogP contribution in [0.4, 0.5) is 0 Å². The van der Waals surface area contributed by atoms with Crippen LogP contribution in [0.25, 0.3) is 0 Å². The Bertz CT molecular complexity index is 467. The summed E-state index contributed by atoms with van der Waals surface area (Å²) in [5, 5.41) is 21.6. The Hall–Kier alpha value is -0.160. The van der Waals surface area contributed by atoms with E-state index in [9.17, 15) is 10.2 Å². The average molecular weight is 515 g/mol. The minimum atomic E-state index is -0.490. The van der Waals surface area contributed by atoms with E-state index in [-0.39, 0.29) is 0 Å². The third-order valence-electron chi connectivity index (χ3n) is 8.20. The molecule has 2 N–H and O–H groups in total. The maximum Gasteiger partial charge on any atom is 0.192 e. The lowest BCUT2D eigenvalue weighted by Gasteiger charge is -2.37. The normalized spacial score (nSPS) is 14.3. The number of unbranched alkanes of at least 4 members (excludes halogenated alkanes) is 18. The summed E-state index contributed by atoms with van der Waals surface area (Å²) in [5.74, 6) is 0. The van der Waals surface area contributed by atoms with E-state index < -0.39 is 12.3 Å². The lowest BCUT2D eigenvalue weighted by Crippen LogP contribution is -2.53. The van der Waals surface area contributed by atoms with Crippen molar-refractivity contribution in [2.45, 2.75) is 161 Å². The van der Waals surface area contributed by atoms with Gasteiger partial charge in [0.2, 0.25) is 0 Å². The van der Waals surface area contributed by atoms with E-state index in [4.69, 9.17) is 0 Å². The minimum absolute atomic E-state index is 0.441. The molecular formula is C32H70N2O2+2. The van der Waals surface area contributed by atoms with E-state index in [1.807, 2.05) is 0 Å². The van der Waals surface area contributed by atoms with E-state index in [1.165, 1.54) is 122 Å². The molecular weight excluding hydrogens is 444 g/mol. The second-order valence-electron chi connectivity index (χ2n) is 13.1. The quantitative estimate of drug-likeness (QED) is 0.0661. The zero-order valence-corrected chi connectivity index (χ0v) is 25.9. The molecule has 0 aliphatic heterocycles. The molecule has 0 spiro atoms. The molecule has 0 radical (unpaired) electrons. The molecule has 0 fully saturated rings. The maximum atomic E-state index is 10.9. The molecule has 0 aliphatic rings. The number of aliphatic hydroxyl groups excluding tert-OH is 2. The first-order chi connectivity index (χ1) is 17.1. The van der Waals surface area contributed by atoms with Crippen LogP contribution in [0.2, 0.25) is 0 Å². The van der Waals surface area contributed by atoms with Gasteiger partial charge < -0.3 is 19.2 Å². The molecule has 0 aromatic carbocycles. The van der Waals surface area contributed by atoms with Crippen molar-refractivity contribution in [1.82, 2.24) is 0 Å². The van der Waals surface area contributed by atoms with Gasteiger partial charge in [-0.2, -0.15) is 0 Å². The number of likely N-dealkylation sites (N-methyl/N-ethyl adjacent to an activating group) is 1. The Morgan fingerprint density at radius 2 is 0.806 bits per heavy atom. The highest BCUT2D eigenvalue weighted by Gasteiger charge is 2.30. The molecule has 2 atom stereocenters. The van der Waals surface area contributed by atoms with Crippen molar-refractivity contribution in [1.29, 1.82) is 0 Å². The predicted octanol–water partition coefficient (Wildman–Crippen LogP) is 8.05. The number of nitrogens with zero attached hydrogens (tertiary/aromatic N) is 2. The summed E-state index contributed by atoms with van der Waals surface area (Å²) in [4.78, 5) is 0. The van der Waals surface area contributed by atoms with Gasteiger partial charge in [0, 0.05) is 0 Å². The molecule has 0 heterocycles. The van der Waals surface area contributed by atoms with Crippen molar-refractivity contribution >= 4 is 0 Å². The van der Waals surface area contributed by atoms with Crippen LogP contribution in [0, 0.1) is 0 Å². The Morgan fingerprint density at radius 3 is 1.19 bits per heavy atom. The number of hydrogen-bond acceptors (Lipinski definition) is 2. The molecule has 0 aromatic heterocycles. The Labute approximate surface area is 228 Å². The standard InChI is InChI=1S/C32H70N2O2/c1-7-9-11-13-15-17-19-21-23-25-27-33(3,4)30-31(35)29-32(36)34(5,6)28-26-24-22-20-18-16-14-12-10-8-2/h31-32,35-36H,7-30H2,1-6H3/q+2. The van der Waals surface area contributed by atoms with Crippen molar-refractivity contribution in [3.63, 3.8) is 0 Å². The van der Waals surface area contributed by atoms with Gasteiger partial charge in [0.15, 0.2) is 6.23 Å². The van der Waals surface area contributed by atoms with Gasteiger partial charge >= 0.3 is 0 Å². The summed E-state index contributed by atoms with van der Waals surface area (Å²) in [6.45, 7) is 7.38. The van der Waals surface area contributed by atoms with Crippen LogP contribution in [-0.4, -0.2) is 79.3 Å². The summed E-state index contributed by atoms with van der Waals surface area (Å²) in [6, 6.07) is 0. The number of rotatable bonds is 27. The average Bonchev–Trinajstić information content (AvgIpc) is 2.81. The van der Waals surface area contributed by atoms with Gasteiger partial charge in [0.25, 0.3) is 0 Å². The van der Waals surface area contributed by atoms with Gasteiger partial charge in [-0.05, 0) is 25.7 Å². The lowest BCUT2D eigenvalue weighted by atomic mass is 10.1. The fourth-order valence-electron chi connectivity index (χ4n) is 5.45. The van der Waals surface area contributed by atoms with Gasteiger partial charge in [-0.25, -0.2) is 0 Å². The SMILES string of the molecule is CCCCCCCCCCCC[N+](C)(C)CC(O)CC(O)[N+](C)(C)CCCCCCCCCCCC. The van der Waals surface area contributed by atoms with Gasteiger partial charge in [0.05, 0.1) is 47.7 Å². The van der Waals surface area contributed by atoms with Crippen LogP contribution in [-0.2, 0) is 0 Å². The van der Waals surface area contributed by atoms with Gasteiger partial charge in [-0.1, -0.05) is 117 Å². The summed E-state index contributed by atoms with van der Waals surface area (Å²) in [6.07, 6.45) is 26.5. The summed E-state index contributed by atoms with van der Waals surface area (Å²) in [7, 11) is 8.70. The Morgan fingerprint density at radius 1 is 0.472 bits per heavy atom. The highest BCUT2D eigenvalue weighted by Crippen LogP contribution is 2.17. The maximum absolute atomic E-state index is 10.9. The fourth-order valence-corrected chi connectivity index (χ4v) is 5.45. The largest absolute Gasteiger partial charge is 0.387 e. The first-order valence-corrected chi connectivity index (χ1v) is 16.2. The highest BCUT2D eigenvalue weighted by molar-refractivity contribution is 4.59. The predicted molar refractivity (Wildman–Crippen MR) is 159 cm³/mol. The van der Waals surface area contributed by atoms with E-state index >= 15 is 0 Å². The first-order valence-electron chi connectivity index (χ1n) is 16.2. The molecule has 0 amide bonds. The van der Waals surface area contributed by atoms with Gasteiger partial charge in [-0.15, -0.1) is 0 Å². The van der Waals surface area contributed by atoms with Crippen LogP contribution in [0.15, 0.2) is 0 Å². The minimum Gasteiger partial charge on any atom is -0.387 e. The van der Waals surface area contributed by atoms with Crippen molar-refractivity contribution in [3.05, 3.63) is 0 Å². The molecule has 36 heavy (non-hydrogen) atoms. The first kappa shape index (κ1) is 35.8. The fraction of sp³-hybridized carbons (Fsp3) is 1.00. The third kappa shape index (κ3) is 21.9. The summed E-state index contributed by atoms with van der Waals surface area (Å²) < 4.78 is 1.44. The smallest absolute Gasteiger partial charge is 0.192 e. The molecule has 0 rings (SSSR count). The van der Waals surface area contributed by atoms with E-state index in [2.05, 4.69) is 42.0 Å². The van der Waals surface area contributed by atoms with Crippen molar-refractivity contribution < 1.29 is 19.2 Å². The van der Waals surface area contributed by atoms with Crippen LogP contribution in [0.1, 0.15) is 149 Å². The van der Waals surface area contributed by atoms with E-state index in [1.54, 1.807) is 0 Å². The second-order valence-corrected chi connectivity index (χ2v) is 13.1. The second kappa shape index (κ2) is 22.8. The molecule has 0 saturated carbocycles. The number of aliphatic hydroxyl groups is 2. The van der Waals surface area contributed by atoms with Crippen molar-refractivity contribution in [2.24, 2.45) is 0 Å². The zero-order valence-electron chi connectivity index (χ0n) is 25.9. The molecule has 4 nitrogen and oxygen atoms in total. The number of hydrogen-bond donors (Lipinski definition) is 2. The molecule has 0 saturated heterocycles. The molecule has 0 bridgehead atoms. The van der Waals surface area contributed by atoms with Crippen molar-refractivity contribution in [2.75, 3.05) is 47.8 Å². The van der Waals surface area contributed by atoms with Crippen molar-refractivity contribution in [3.8, 4) is 0 Å². The third-order valence-corrected chi connectivity index (χ3v) is 8.20. The highest BCUT2D eigenvalue weighted by atomic mass is 16.3. The molecule has 0 aliphatic carbocycles. The lowest BCUT2D eigenvalue weighted by molar-refractivity contribution is -0.939. The van der Waals surface area contributed by atoms with Gasteiger partial charge in [0.1, 0.15) is 12.6 Å².